The van der Waals surface area contributed by atoms with Crippen LogP contribution in [0.25, 0.3) is 0 Å². The van der Waals surface area contributed by atoms with Gasteiger partial charge < -0.3 is 16.2 Å². The van der Waals surface area contributed by atoms with Crippen LogP contribution < -0.4 is 11.1 Å². The molecule has 1 amide bonds. The Morgan fingerprint density at radius 3 is 2.61 bits per heavy atom. The molecule has 0 atom stereocenters. The fraction of sp³-hybridized carbons (Fsp3) is 0.462. The topological polar surface area (TPSA) is 75.4 Å². The largest absolute Gasteiger partial charge is 0.399 e. The smallest absolute Gasteiger partial charge is 0.251 e. The van der Waals surface area contributed by atoms with Crippen LogP contribution in [0.4, 0.5) is 10.1 Å². The van der Waals surface area contributed by atoms with Gasteiger partial charge in [0.1, 0.15) is 5.82 Å². The van der Waals surface area contributed by atoms with E-state index in [4.69, 9.17) is 10.8 Å². The number of carbonyl (C=O) groups is 1. The number of anilines is 1. The number of halogens is 1. The van der Waals surface area contributed by atoms with Crippen LogP contribution in [0.2, 0.25) is 0 Å². The van der Waals surface area contributed by atoms with Gasteiger partial charge in [-0.25, -0.2) is 4.39 Å². The number of nitrogens with two attached hydrogens (primary N) is 1. The molecule has 0 fully saturated rings. The standard InChI is InChI=1S/C13H19FN2O2/c14-11-7-10(8-12(15)9-11)13(18)16-5-3-1-2-4-6-17/h7-9,17H,1-6,15H2,(H,16,18). The summed E-state index contributed by atoms with van der Waals surface area (Å²) in [5, 5.41) is 11.3. The monoisotopic (exact) mass is 254 g/mol. The Morgan fingerprint density at radius 2 is 1.94 bits per heavy atom. The van der Waals surface area contributed by atoms with E-state index in [0.717, 1.165) is 31.7 Å². The van der Waals surface area contributed by atoms with Crippen molar-refractivity contribution < 1.29 is 14.3 Å². The molecule has 4 nitrogen and oxygen atoms in total. The van der Waals surface area contributed by atoms with E-state index >= 15 is 0 Å². The summed E-state index contributed by atoms with van der Waals surface area (Å²) < 4.78 is 13.0. The van der Waals surface area contributed by atoms with Gasteiger partial charge in [0.15, 0.2) is 0 Å². The van der Waals surface area contributed by atoms with E-state index in [1.807, 2.05) is 0 Å². The molecule has 0 saturated heterocycles. The van der Waals surface area contributed by atoms with E-state index in [9.17, 15) is 9.18 Å². The summed E-state index contributed by atoms with van der Waals surface area (Å²) in [4.78, 5) is 11.7. The van der Waals surface area contributed by atoms with E-state index < -0.39 is 5.82 Å². The number of unbranched alkanes of at least 4 members (excludes halogenated alkanes) is 3. The highest BCUT2D eigenvalue weighted by Crippen LogP contribution is 2.10. The number of amides is 1. The number of carbonyl (C=O) groups excluding carboxylic acids is 1. The predicted molar refractivity (Wildman–Crippen MR) is 68.7 cm³/mol. The van der Waals surface area contributed by atoms with Crippen LogP contribution in [-0.2, 0) is 0 Å². The molecule has 1 rings (SSSR count). The molecule has 0 aliphatic heterocycles. The summed E-state index contributed by atoms with van der Waals surface area (Å²) in [7, 11) is 0. The third-order valence-corrected chi connectivity index (χ3v) is 2.55. The molecule has 4 N–H and O–H groups in total. The maximum atomic E-state index is 13.0. The zero-order chi connectivity index (χ0) is 13.4. The summed E-state index contributed by atoms with van der Waals surface area (Å²) in [5.41, 5.74) is 5.94. The SMILES string of the molecule is Nc1cc(F)cc(C(=O)NCCCCCCO)c1. The van der Waals surface area contributed by atoms with Crippen molar-refractivity contribution in [2.24, 2.45) is 0 Å². The summed E-state index contributed by atoms with van der Waals surface area (Å²) >= 11 is 0. The number of hydrogen-bond donors (Lipinski definition) is 3. The Hall–Kier alpha value is -1.62. The van der Waals surface area contributed by atoms with Crippen molar-refractivity contribution in [1.82, 2.24) is 5.32 Å². The molecular formula is C13H19FN2O2. The fourth-order valence-corrected chi connectivity index (χ4v) is 1.64. The van der Waals surface area contributed by atoms with Gasteiger partial charge in [0.25, 0.3) is 5.91 Å². The van der Waals surface area contributed by atoms with Gasteiger partial charge in [0, 0.05) is 24.4 Å². The van der Waals surface area contributed by atoms with Crippen LogP contribution >= 0.6 is 0 Å². The second-order valence-corrected chi connectivity index (χ2v) is 4.17. The third kappa shape index (κ3) is 5.14. The Morgan fingerprint density at radius 1 is 1.22 bits per heavy atom. The van der Waals surface area contributed by atoms with Crippen molar-refractivity contribution in [2.75, 3.05) is 18.9 Å². The molecule has 0 saturated carbocycles. The highest BCUT2D eigenvalue weighted by molar-refractivity contribution is 5.95. The highest BCUT2D eigenvalue weighted by atomic mass is 19.1. The molecular weight excluding hydrogens is 235 g/mol. The average molecular weight is 254 g/mol. The van der Waals surface area contributed by atoms with Gasteiger partial charge in [-0.1, -0.05) is 12.8 Å². The lowest BCUT2D eigenvalue weighted by Gasteiger charge is -2.06. The molecule has 0 radical (unpaired) electrons. The summed E-state index contributed by atoms with van der Waals surface area (Å²) in [6, 6.07) is 3.79. The number of nitrogens with one attached hydrogen (secondary N) is 1. The number of hydrogen-bond acceptors (Lipinski definition) is 3. The van der Waals surface area contributed by atoms with Crippen molar-refractivity contribution in [1.29, 1.82) is 0 Å². The zero-order valence-electron chi connectivity index (χ0n) is 10.3. The molecule has 1 aromatic carbocycles. The first-order valence-electron chi connectivity index (χ1n) is 6.08. The summed E-state index contributed by atoms with van der Waals surface area (Å²) in [5.74, 6) is -0.827. The van der Waals surface area contributed by atoms with Gasteiger partial charge in [-0.05, 0) is 31.0 Å². The Labute approximate surface area is 106 Å². The molecule has 0 aliphatic carbocycles. The van der Waals surface area contributed by atoms with Crippen LogP contribution in [0.5, 0.6) is 0 Å². The summed E-state index contributed by atoms with van der Waals surface area (Å²) in [6.45, 7) is 0.746. The Bertz CT molecular complexity index is 376. The number of aliphatic hydroxyl groups excluding tert-OH is 1. The lowest BCUT2D eigenvalue weighted by molar-refractivity contribution is 0.0952. The molecule has 18 heavy (non-hydrogen) atoms. The zero-order valence-corrected chi connectivity index (χ0v) is 10.3. The first-order valence-corrected chi connectivity index (χ1v) is 6.08. The lowest BCUT2D eigenvalue weighted by atomic mass is 10.1. The Balaban J connectivity index is 2.32. The minimum absolute atomic E-state index is 0.203. The predicted octanol–water partition coefficient (Wildman–Crippen LogP) is 1.69. The number of benzene rings is 1. The van der Waals surface area contributed by atoms with Gasteiger partial charge in [-0.15, -0.1) is 0 Å². The van der Waals surface area contributed by atoms with Crippen molar-refractivity contribution >= 4 is 11.6 Å². The van der Waals surface area contributed by atoms with Gasteiger partial charge >= 0.3 is 0 Å². The van der Waals surface area contributed by atoms with Crippen molar-refractivity contribution in [3.8, 4) is 0 Å². The fourth-order valence-electron chi connectivity index (χ4n) is 1.64. The molecule has 100 valence electrons. The first-order chi connectivity index (χ1) is 8.63. The van der Waals surface area contributed by atoms with Crippen LogP contribution in [0.1, 0.15) is 36.0 Å². The quantitative estimate of drug-likeness (QED) is 0.512. The molecule has 0 aliphatic rings. The van der Waals surface area contributed by atoms with Crippen LogP contribution in [-0.4, -0.2) is 24.2 Å². The van der Waals surface area contributed by atoms with Crippen LogP contribution in [0.3, 0.4) is 0 Å². The third-order valence-electron chi connectivity index (χ3n) is 2.55. The number of aliphatic hydroxyl groups is 1. The molecule has 1 aromatic rings. The lowest BCUT2D eigenvalue weighted by Crippen LogP contribution is -2.24. The molecule has 5 heteroatoms. The van der Waals surface area contributed by atoms with Crippen molar-refractivity contribution in [3.05, 3.63) is 29.6 Å². The van der Waals surface area contributed by atoms with Gasteiger partial charge in [-0.3, -0.25) is 4.79 Å². The normalized spacial score (nSPS) is 10.3. The highest BCUT2D eigenvalue weighted by Gasteiger charge is 2.07. The minimum Gasteiger partial charge on any atom is -0.399 e. The van der Waals surface area contributed by atoms with E-state index in [2.05, 4.69) is 5.32 Å². The van der Waals surface area contributed by atoms with Crippen LogP contribution in [0, 0.1) is 5.82 Å². The summed E-state index contributed by atoms with van der Waals surface area (Å²) in [6.07, 6.45) is 3.52. The van der Waals surface area contributed by atoms with Crippen molar-refractivity contribution in [2.45, 2.75) is 25.7 Å². The van der Waals surface area contributed by atoms with Crippen LogP contribution in [0.15, 0.2) is 18.2 Å². The maximum absolute atomic E-state index is 13.0. The van der Waals surface area contributed by atoms with E-state index in [1.54, 1.807) is 0 Å². The molecule has 0 bridgehead atoms. The molecule has 0 unspecified atom stereocenters. The minimum atomic E-state index is -0.511. The van der Waals surface area contributed by atoms with E-state index in [-0.39, 0.29) is 23.8 Å². The average Bonchev–Trinajstić information content (AvgIpc) is 2.32. The maximum Gasteiger partial charge on any atom is 0.251 e. The van der Waals surface area contributed by atoms with Gasteiger partial charge in [-0.2, -0.15) is 0 Å². The van der Waals surface area contributed by atoms with E-state index in [1.165, 1.54) is 12.1 Å². The van der Waals surface area contributed by atoms with E-state index in [0.29, 0.717) is 6.54 Å². The van der Waals surface area contributed by atoms with Gasteiger partial charge in [0.2, 0.25) is 0 Å². The van der Waals surface area contributed by atoms with Crippen molar-refractivity contribution in [3.63, 3.8) is 0 Å². The Kier molecular flexibility index (Phi) is 6.14. The second-order valence-electron chi connectivity index (χ2n) is 4.17. The number of nitrogen functional groups attached to an aromatic ring is 1. The molecule has 0 aromatic heterocycles. The second kappa shape index (κ2) is 7.66. The number of rotatable bonds is 7. The molecule has 0 heterocycles. The van der Waals surface area contributed by atoms with Gasteiger partial charge in [0.05, 0.1) is 0 Å². The first kappa shape index (κ1) is 14.4. The molecule has 0 spiro atoms.